The van der Waals surface area contributed by atoms with Crippen LogP contribution in [0, 0.1) is 0 Å². The van der Waals surface area contributed by atoms with Crippen LogP contribution in [-0.2, 0) is 24.4 Å². The van der Waals surface area contributed by atoms with Crippen LogP contribution in [0.2, 0.25) is 0 Å². The maximum Gasteiger partial charge on any atom is 0.317 e. The van der Waals surface area contributed by atoms with Crippen LogP contribution in [-0.4, -0.2) is 40.1 Å². The molecule has 0 fully saturated rings. The summed E-state index contributed by atoms with van der Waals surface area (Å²) >= 11 is 0. The van der Waals surface area contributed by atoms with Crippen molar-refractivity contribution < 1.29 is 4.79 Å². The van der Waals surface area contributed by atoms with E-state index in [2.05, 4.69) is 22.3 Å². The van der Waals surface area contributed by atoms with Crippen molar-refractivity contribution in [2.45, 2.75) is 19.6 Å². The Hall–Kier alpha value is -3.97. The van der Waals surface area contributed by atoms with E-state index in [-0.39, 0.29) is 19.0 Å². The van der Waals surface area contributed by atoms with Gasteiger partial charge in [0.25, 0.3) is 0 Å². The molecule has 34 heavy (non-hydrogen) atoms. The second-order valence-corrected chi connectivity index (χ2v) is 8.33. The molecule has 0 aliphatic carbocycles. The van der Waals surface area contributed by atoms with Crippen LogP contribution in [0.15, 0.2) is 94.5 Å². The number of rotatable bonds is 9. The molecule has 3 aromatic carbocycles. The molecule has 4 rings (SSSR count). The fourth-order valence-corrected chi connectivity index (χ4v) is 4.01. The second kappa shape index (κ2) is 10.8. The molecule has 1 heterocycles. The number of para-hydroxylation sites is 2. The molecule has 0 saturated heterocycles. The number of carbonyl (C=O) groups excluding carboxylic acids is 1. The van der Waals surface area contributed by atoms with Gasteiger partial charge in [-0.1, -0.05) is 72.8 Å². The highest BCUT2D eigenvalue weighted by Gasteiger charge is 2.15. The third-order valence-electron chi connectivity index (χ3n) is 5.73. The van der Waals surface area contributed by atoms with E-state index in [9.17, 15) is 14.4 Å². The number of hydrogen-bond donors (Lipinski definition) is 1. The van der Waals surface area contributed by atoms with Crippen LogP contribution < -0.4 is 16.4 Å². The molecular weight excluding hydrogens is 428 g/mol. The Morgan fingerprint density at radius 2 is 1.29 bits per heavy atom. The Labute approximate surface area is 197 Å². The summed E-state index contributed by atoms with van der Waals surface area (Å²) in [6.07, 6.45) is 0. The van der Waals surface area contributed by atoms with Crippen molar-refractivity contribution >= 4 is 16.9 Å². The van der Waals surface area contributed by atoms with E-state index in [4.69, 9.17) is 0 Å². The number of benzene rings is 3. The highest BCUT2D eigenvalue weighted by Crippen LogP contribution is 2.12. The zero-order valence-electron chi connectivity index (χ0n) is 19.2. The van der Waals surface area contributed by atoms with Gasteiger partial charge in [0.05, 0.1) is 17.6 Å². The van der Waals surface area contributed by atoms with Gasteiger partial charge in [-0.3, -0.25) is 23.5 Å². The number of fused-ring (bicyclic) bond motifs is 1. The van der Waals surface area contributed by atoms with Crippen LogP contribution in [0.5, 0.6) is 0 Å². The first-order valence-electron chi connectivity index (χ1n) is 11.3. The standard InChI is InChI=1S/C27H28N4O3/c1-29(18-21-10-4-2-5-11-21)17-16-28-25(32)20-31-24-15-9-8-14-23(24)30(26(33)27(31)34)19-22-12-6-3-7-13-22/h2-15H,16-20H2,1H3,(H,28,32). The number of hydrogen-bond acceptors (Lipinski definition) is 4. The zero-order valence-corrected chi connectivity index (χ0v) is 19.2. The van der Waals surface area contributed by atoms with Gasteiger partial charge in [-0.25, -0.2) is 0 Å². The van der Waals surface area contributed by atoms with Gasteiger partial charge in [0.1, 0.15) is 6.54 Å². The topological polar surface area (TPSA) is 76.3 Å². The van der Waals surface area contributed by atoms with Crippen molar-refractivity contribution in [2.24, 2.45) is 0 Å². The average Bonchev–Trinajstić information content (AvgIpc) is 2.86. The Morgan fingerprint density at radius 1 is 0.765 bits per heavy atom. The Balaban J connectivity index is 1.47. The van der Waals surface area contributed by atoms with E-state index in [1.807, 2.05) is 61.6 Å². The van der Waals surface area contributed by atoms with Gasteiger partial charge in [0.2, 0.25) is 5.91 Å². The molecule has 174 valence electrons. The minimum absolute atomic E-state index is 0.205. The lowest BCUT2D eigenvalue weighted by Gasteiger charge is -2.18. The SMILES string of the molecule is CN(CCNC(=O)Cn1c(=O)c(=O)n(Cc2ccccc2)c2ccccc21)Cc1ccccc1. The van der Waals surface area contributed by atoms with Crippen molar-refractivity contribution in [1.82, 2.24) is 19.4 Å². The first kappa shape index (κ1) is 23.2. The summed E-state index contributed by atoms with van der Waals surface area (Å²) < 4.78 is 2.74. The number of aromatic nitrogens is 2. The first-order valence-corrected chi connectivity index (χ1v) is 11.3. The van der Waals surface area contributed by atoms with Crippen LogP contribution >= 0.6 is 0 Å². The predicted octanol–water partition coefficient (Wildman–Crippen LogP) is 2.46. The number of nitrogens with one attached hydrogen (secondary N) is 1. The van der Waals surface area contributed by atoms with Gasteiger partial charge >= 0.3 is 11.1 Å². The molecule has 0 radical (unpaired) electrons. The van der Waals surface area contributed by atoms with E-state index in [0.717, 1.165) is 12.1 Å². The Bertz CT molecular complexity index is 1380. The van der Waals surface area contributed by atoms with Crippen LogP contribution in [0.4, 0.5) is 0 Å². The Morgan fingerprint density at radius 3 is 1.94 bits per heavy atom. The molecule has 0 aliphatic rings. The maximum absolute atomic E-state index is 13.0. The summed E-state index contributed by atoms with van der Waals surface area (Å²) in [5.41, 5.74) is 1.95. The molecule has 0 unspecified atom stereocenters. The van der Waals surface area contributed by atoms with Gasteiger partial charge in [0, 0.05) is 19.6 Å². The van der Waals surface area contributed by atoms with Gasteiger partial charge in [-0.05, 0) is 30.3 Å². The average molecular weight is 457 g/mol. The number of likely N-dealkylation sites (N-methyl/N-ethyl adjacent to an activating group) is 1. The molecule has 4 aromatic rings. The van der Waals surface area contributed by atoms with E-state index < -0.39 is 11.1 Å². The quantitative estimate of drug-likeness (QED) is 0.393. The highest BCUT2D eigenvalue weighted by atomic mass is 16.2. The minimum Gasteiger partial charge on any atom is -0.353 e. The normalized spacial score (nSPS) is 11.1. The van der Waals surface area contributed by atoms with Gasteiger partial charge in [-0.15, -0.1) is 0 Å². The lowest BCUT2D eigenvalue weighted by molar-refractivity contribution is -0.121. The van der Waals surface area contributed by atoms with E-state index in [1.54, 1.807) is 18.2 Å². The maximum atomic E-state index is 13.0. The fraction of sp³-hybridized carbons (Fsp3) is 0.222. The summed E-state index contributed by atoms with van der Waals surface area (Å²) in [5, 5.41) is 2.86. The molecule has 0 bridgehead atoms. The third-order valence-corrected chi connectivity index (χ3v) is 5.73. The fourth-order valence-electron chi connectivity index (χ4n) is 4.01. The predicted molar refractivity (Wildman–Crippen MR) is 134 cm³/mol. The minimum atomic E-state index is -0.703. The number of carbonyl (C=O) groups is 1. The molecule has 0 saturated carbocycles. The zero-order chi connectivity index (χ0) is 23.9. The third kappa shape index (κ3) is 5.50. The largest absolute Gasteiger partial charge is 0.353 e. The lowest BCUT2D eigenvalue weighted by Crippen LogP contribution is -2.44. The molecule has 1 amide bonds. The molecular formula is C27H28N4O3. The van der Waals surface area contributed by atoms with Crippen molar-refractivity contribution in [2.75, 3.05) is 20.1 Å². The smallest absolute Gasteiger partial charge is 0.317 e. The summed E-state index contributed by atoms with van der Waals surface area (Å²) in [7, 11) is 1.99. The van der Waals surface area contributed by atoms with Crippen molar-refractivity contribution in [3.8, 4) is 0 Å². The molecule has 7 nitrogen and oxygen atoms in total. The summed E-state index contributed by atoms with van der Waals surface area (Å²) in [6, 6.07) is 26.8. The molecule has 0 atom stereocenters. The van der Waals surface area contributed by atoms with Crippen LogP contribution in [0.25, 0.3) is 11.0 Å². The summed E-state index contributed by atoms with van der Waals surface area (Å²) in [6.45, 7) is 1.97. The first-order chi connectivity index (χ1) is 16.5. The van der Waals surface area contributed by atoms with Gasteiger partial charge < -0.3 is 10.2 Å². The van der Waals surface area contributed by atoms with E-state index in [0.29, 0.717) is 24.1 Å². The molecule has 0 spiro atoms. The van der Waals surface area contributed by atoms with Crippen LogP contribution in [0.3, 0.4) is 0 Å². The van der Waals surface area contributed by atoms with Crippen LogP contribution in [0.1, 0.15) is 11.1 Å². The van der Waals surface area contributed by atoms with Crippen molar-refractivity contribution in [3.63, 3.8) is 0 Å². The lowest BCUT2D eigenvalue weighted by atomic mass is 10.2. The Kier molecular flexibility index (Phi) is 7.34. The van der Waals surface area contributed by atoms with E-state index in [1.165, 1.54) is 14.7 Å². The van der Waals surface area contributed by atoms with E-state index >= 15 is 0 Å². The van der Waals surface area contributed by atoms with Crippen molar-refractivity contribution in [1.29, 1.82) is 0 Å². The van der Waals surface area contributed by atoms with Crippen molar-refractivity contribution in [3.05, 3.63) is 117 Å². The van der Waals surface area contributed by atoms with Gasteiger partial charge in [-0.2, -0.15) is 0 Å². The van der Waals surface area contributed by atoms with Gasteiger partial charge in [0.15, 0.2) is 0 Å². The molecule has 7 heteroatoms. The summed E-state index contributed by atoms with van der Waals surface area (Å²) in [5.74, 6) is -0.305. The number of amides is 1. The monoisotopic (exact) mass is 456 g/mol. The summed E-state index contributed by atoms with van der Waals surface area (Å²) in [4.78, 5) is 40.7. The molecule has 0 aliphatic heterocycles. The second-order valence-electron chi connectivity index (χ2n) is 8.33. The molecule has 1 aromatic heterocycles. The highest BCUT2D eigenvalue weighted by molar-refractivity contribution is 5.80. The number of nitrogens with zero attached hydrogens (tertiary/aromatic N) is 3. The molecule has 1 N–H and O–H groups in total.